The Bertz CT molecular complexity index is 594. The predicted molar refractivity (Wildman–Crippen MR) is 75.5 cm³/mol. The highest BCUT2D eigenvalue weighted by Gasteiger charge is 2.16. The maximum Gasteiger partial charge on any atom is 0.216 e. The fourth-order valence-electron chi connectivity index (χ4n) is 1.97. The second-order valence-corrected chi connectivity index (χ2v) is 4.62. The molecule has 1 atom stereocenters. The molecule has 0 fully saturated rings. The summed E-state index contributed by atoms with van der Waals surface area (Å²) in [7, 11) is 3.34. The average Bonchev–Trinajstić information content (AvgIpc) is 2.48. The first-order chi connectivity index (χ1) is 9.65. The second kappa shape index (κ2) is 6.63. The highest BCUT2D eigenvalue weighted by Crippen LogP contribution is 2.27. The van der Waals surface area contributed by atoms with E-state index in [9.17, 15) is 4.39 Å². The van der Waals surface area contributed by atoms with Crippen molar-refractivity contribution < 1.29 is 9.13 Å². The molecule has 2 rings (SSSR count). The zero-order chi connectivity index (χ0) is 14.5. The predicted octanol–water partition coefficient (Wildman–Crippen LogP) is 2.78. The minimum atomic E-state index is -0.426. The molecule has 1 aromatic carbocycles. The minimum absolute atomic E-state index is 0.132. The quantitative estimate of drug-likeness (QED) is 0.921. The molecule has 6 heteroatoms. The highest BCUT2D eigenvalue weighted by molar-refractivity contribution is 6.31. The maximum atomic E-state index is 13.5. The summed E-state index contributed by atoms with van der Waals surface area (Å²) in [6.45, 7) is 0. The molecule has 0 amide bonds. The number of aromatic nitrogens is 2. The minimum Gasteiger partial charge on any atom is -0.481 e. The molecular weight excluding hydrogens is 281 g/mol. The lowest BCUT2D eigenvalue weighted by atomic mass is 10.0. The molecule has 20 heavy (non-hydrogen) atoms. The molecule has 0 radical (unpaired) electrons. The Hall–Kier alpha value is -1.72. The fourth-order valence-corrected chi connectivity index (χ4v) is 2.22. The number of hydrogen-bond donors (Lipinski definition) is 1. The number of hydrogen-bond acceptors (Lipinski definition) is 4. The molecule has 0 saturated heterocycles. The van der Waals surface area contributed by atoms with E-state index in [4.69, 9.17) is 16.3 Å². The first-order valence-electron chi connectivity index (χ1n) is 6.11. The smallest absolute Gasteiger partial charge is 0.216 e. The van der Waals surface area contributed by atoms with Crippen molar-refractivity contribution in [1.29, 1.82) is 0 Å². The van der Waals surface area contributed by atoms with E-state index in [1.165, 1.54) is 12.4 Å². The van der Waals surface area contributed by atoms with Crippen LogP contribution in [0.1, 0.15) is 17.3 Å². The van der Waals surface area contributed by atoms with Crippen LogP contribution in [0.4, 0.5) is 4.39 Å². The second-order valence-electron chi connectivity index (χ2n) is 4.24. The molecule has 0 aliphatic heterocycles. The van der Waals surface area contributed by atoms with E-state index in [1.54, 1.807) is 32.4 Å². The normalized spacial score (nSPS) is 12.2. The number of likely N-dealkylation sites (N-methyl/N-ethyl adjacent to an activating group) is 1. The van der Waals surface area contributed by atoms with Gasteiger partial charge in [0.05, 0.1) is 12.1 Å². The van der Waals surface area contributed by atoms with E-state index in [0.717, 1.165) is 5.69 Å². The molecule has 0 bridgehead atoms. The number of ether oxygens (including phenoxy) is 1. The van der Waals surface area contributed by atoms with Crippen molar-refractivity contribution in [3.05, 3.63) is 52.7 Å². The van der Waals surface area contributed by atoms with Gasteiger partial charge in [-0.3, -0.25) is 0 Å². The van der Waals surface area contributed by atoms with E-state index >= 15 is 0 Å². The Morgan fingerprint density at radius 2 is 2.20 bits per heavy atom. The van der Waals surface area contributed by atoms with Crippen molar-refractivity contribution in [3.8, 4) is 5.88 Å². The van der Waals surface area contributed by atoms with Gasteiger partial charge in [0.1, 0.15) is 12.1 Å². The molecule has 4 nitrogen and oxygen atoms in total. The van der Waals surface area contributed by atoms with E-state index in [1.807, 2.05) is 0 Å². The van der Waals surface area contributed by atoms with Crippen LogP contribution in [0, 0.1) is 5.82 Å². The first-order valence-corrected chi connectivity index (χ1v) is 6.49. The third-order valence-corrected chi connectivity index (χ3v) is 3.43. The summed E-state index contributed by atoms with van der Waals surface area (Å²) < 4.78 is 18.6. The van der Waals surface area contributed by atoms with Gasteiger partial charge in [-0.1, -0.05) is 23.7 Å². The summed E-state index contributed by atoms with van der Waals surface area (Å²) in [5, 5.41) is 3.25. The maximum absolute atomic E-state index is 13.5. The monoisotopic (exact) mass is 295 g/mol. The first kappa shape index (κ1) is 14.7. The van der Waals surface area contributed by atoms with Crippen LogP contribution in [0.5, 0.6) is 5.88 Å². The van der Waals surface area contributed by atoms with Crippen molar-refractivity contribution in [3.63, 3.8) is 0 Å². The van der Waals surface area contributed by atoms with Gasteiger partial charge in [-0.05, 0) is 18.7 Å². The van der Waals surface area contributed by atoms with Crippen LogP contribution in [0.3, 0.4) is 0 Å². The lowest BCUT2D eigenvalue weighted by Gasteiger charge is -2.18. The van der Waals surface area contributed by atoms with Crippen LogP contribution in [0.15, 0.2) is 30.6 Å². The highest BCUT2D eigenvalue weighted by atomic mass is 35.5. The van der Waals surface area contributed by atoms with Crippen molar-refractivity contribution >= 4 is 11.6 Å². The van der Waals surface area contributed by atoms with Gasteiger partial charge < -0.3 is 10.1 Å². The van der Waals surface area contributed by atoms with Crippen molar-refractivity contribution in [1.82, 2.24) is 15.3 Å². The van der Waals surface area contributed by atoms with Crippen molar-refractivity contribution in [2.45, 2.75) is 12.5 Å². The van der Waals surface area contributed by atoms with Gasteiger partial charge in [0, 0.05) is 24.2 Å². The van der Waals surface area contributed by atoms with Crippen LogP contribution in [0.2, 0.25) is 5.02 Å². The summed E-state index contributed by atoms with van der Waals surface area (Å²) in [6.07, 6.45) is 1.99. The third-order valence-electron chi connectivity index (χ3n) is 3.03. The van der Waals surface area contributed by atoms with Crippen LogP contribution >= 0.6 is 11.6 Å². The van der Waals surface area contributed by atoms with Crippen molar-refractivity contribution in [2.75, 3.05) is 14.2 Å². The van der Waals surface area contributed by atoms with Crippen LogP contribution in [0.25, 0.3) is 0 Å². The standard InChI is InChI=1S/C14H15ClFN3O/c1-17-12(10-4-3-5-11(16)14(10)15)6-9-7-13(20-2)19-8-18-9/h3-5,7-8,12,17H,6H2,1-2H3. The van der Waals surface area contributed by atoms with Gasteiger partial charge in [-0.25, -0.2) is 14.4 Å². The number of benzene rings is 1. The number of nitrogens with zero attached hydrogens (tertiary/aromatic N) is 2. The average molecular weight is 296 g/mol. The number of halogens is 2. The van der Waals surface area contributed by atoms with Gasteiger partial charge in [-0.2, -0.15) is 0 Å². The fraction of sp³-hybridized carbons (Fsp3) is 0.286. The molecule has 0 saturated carbocycles. The number of methoxy groups -OCH3 is 1. The topological polar surface area (TPSA) is 47.0 Å². The molecule has 1 heterocycles. The molecule has 0 aliphatic carbocycles. The molecule has 0 aliphatic rings. The van der Waals surface area contributed by atoms with E-state index < -0.39 is 5.82 Å². The van der Waals surface area contributed by atoms with Gasteiger partial charge in [0.2, 0.25) is 5.88 Å². The zero-order valence-electron chi connectivity index (χ0n) is 11.2. The SMILES string of the molecule is CNC(Cc1cc(OC)ncn1)c1cccc(F)c1Cl. The van der Waals surface area contributed by atoms with Gasteiger partial charge in [0.15, 0.2) is 0 Å². The lowest BCUT2D eigenvalue weighted by molar-refractivity contribution is 0.395. The summed E-state index contributed by atoms with van der Waals surface area (Å²) in [6, 6.07) is 6.38. The van der Waals surface area contributed by atoms with E-state index in [2.05, 4.69) is 15.3 Å². The Balaban J connectivity index is 2.26. The molecule has 1 aromatic heterocycles. The molecule has 1 N–H and O–H groups in total. The summed E-state index contributed by atoms with van der Waals surface area (Å²) in [4.78, 5) is 8.14. The molecule has 1 unspecified atom stereocenters. The van der Waals surface area contributed by atoms with Crippen molar-refractivity contribution in [2.24, 2.45) is 0 Å². The molecule has 106 valence electrons. The van der Waals surface area contributed by atoms with Gasteiger partial charge in [-0.15, -0.1) is 0 Å². The van der Waals surface area contributed by atoms with Crippen LogP contribution in [-0.4, -0.2) is 24.1 Å². The molecule has 2 aromatic rings. The molecule has 0 spiro atoms. The summed E-state index contributed by atoms with van der Waals surface area (Å²) in [5.74, 6) is 0.0693. The Labute approximate surface area is 122 Å². The number of nitrogens with one attached hydrogen (secondary N) is 1. The summed E-state index contributed by atoms with van der Waals surface area (Å²) >= 11 is 6.02. The van der Waals surface area contributed by atoms with E-state index in [0.29, 0.717) is 17.9 Å². The Morgan fingerprint density at radius 3 is 2.90 bits per heavy atom. The zero-order valence-corrected chi connectivity index (χ0v) is 12.0. The lowest BCUT2D eigenvalue weighted by Crippen LogP contribution is -2.20. The third kappa shape index (κ3) is 3.23. The van der Waals surface area contributed by atoms with Crippen LogP contribution in [-0.2, 0) is 6.42 Å². The Kier molecular flexibility index (Phi) is 4.87. The van der Waals surface area contributed by atoms with Gasteiger partial charge >= 0.3 is 0 Å². The Morgan fingerprint density at radius 1 is 1.40 bits per heavy atom. The summed E-state index contributed by atoms with van der Waals surface area (Å²) in [5.41, 5.74) is 1.49. The van der Waals surface area contributed by atoms with Gasteiger partial charge in [0.25, 0.3) is 0 Å². The van der Waals surface area contributed by atoms with Crippen LogP contribution < -0.4 is 10.1 Å². The molecular formula is C14H15ClFN3O. The number of rotatable bonds is 5. The largest absolute Gasteiger partial charge is 0.481 e. The van der Waals surface area contributed by atoms with E-state index in [-0.39, 0.29) is 11.1 Å².